The maximum atomic E-state index is 12.4. The highest BCUT2D eigenvalue weighted by molar-refractivity contribution is 5.94. The van der Waals surface area contributed by atoms with E-state index in [9.17, 15) is 14.4 Å². The van der Waals surface area contributed by atoms with Crippen molar-refractivity contribution in [3.8, 4) is 0 Å². The third kappa shape index (κ3) is 8.23. The summed E-state index contributed by atoms with van der Waals surface area (Å²) in [5.74, 6) is 0.147. The lowest BCUT2D eigenvalue weighted by Crippen LogP contribution is -2.46. The van der Waals surface area contributed by atoms with Gasteiger partial charge in [0.25, 0.3) is 5.91 Å². The zero-order chi connectivity index (χ0) is 23.2. The van der Waals surface area contributed by atoms with Crippen molar-refractivity contribution < 1.29 is 19.1 Å². The first kappa shape index (κ1) is 24.7. The van der Waals surface area contributed by atoms with Crippen molar-refractivity contribution in [2.45, 2.75) is 65.4 Å². The van der Waals surface area contributed by atoms with Crippen molar-refractivity contribution in [2.24, 2.45) is 5.92 Å². The third-order valence-corrected chi connectivity index (χ3v) is 5.31. The number of nitrogens with zero attached hydrogens (tertiary/aromatic N) is 1. The van der Waals surface area contributed by atoms with Crippen LogP contribution >= 0.6 is 0 Å². The van der Waals surface area contributed by atoms with Crippen LogP contribution in [0.25, 0.3) is 0 Å². The number of amides is 3. The number of carbonyl (C=O) groups is 3. The molecular formula is C24H37N3O4. The summed E-state index contributed by atoms with van der Waals surface area (Å²) in [6.07, 6.45) is 1.05. The van der Waals surface area contributed by atoms with Gasteiger partial charge in [0.15, 0.2) is 0 Å². The van der Waals surface area contributed by atoms with Gasteiger partial charge in [0.2, 0.25) is 5.91 Å². The summed E-state index contributed by atoms with van der Waals surface area (Å²) in [7, 11) is 0. The van der Waals surface area contributed by atoms with Gasteiger partial charge in [-0.05, 0) is 62.6 Å². The first-order valence-corrected chi connectivity index (χ1v) is 11.0. The van der Waals surface area contributed by atoms with Crippen molar-refractivity contribution in [2.75, 3.05) is 26.2 Å². The normalized spacial score (nSPS) is 15.4. The topological polar surface area (TPSA) is 87.7 Å². The number of piperidine rings is 1. The summed E-state index contributed by atoms with van der Waals surface area (Å²) in [6, 6.07) is 7.75. The van der Waals surface area contributed by atoms with E-state index in [0.717, 1.165) is 12.8 Å². The minimum atomic E-state index is -0.593. The summed E-state index contributed by atoms with van der Waals surface area (Å²) >= 11 is 0. The zero-order valence-corrected chi connectivity index (χ0v) is 19.7. The fourth-order valence-corrected chi connectivity index (χ4v) is 3.42. The molecule has 0 atom stereocenters. The van der Waals surface area contributed by atoms with Crippen molar-refractivity contribution in [3.63, 3.8) is 0 Å². The van der Waals surface area contributed by atoms with Crippen molar-refractivity contribution in [1.82, 2.24) is 15.5 Å². The van der Waals surface area contributed by atoms with Gasteiger partial charge in [0.1, 0.15) is 12.1 Å². The van der Waals surface area contributed by atoms with Gasteiger partial charge in [-0.2, -0.15) is 0 Å². The summed E-state index contributed by atoms with van der Waals surface area (Å²) in [5.41, 5.74) is 1.32. The number of hydrogen-bond acceptors (Lipinski definition) is 4. The molecule has 0 spiro atoms. The van der Waals surface area contributed by atoms with Gasteiger partial charge in [0, 0.05) is 25.2 Å². The van der Waals surface area contributed by atoms with Gasteiger partial charge in [-0.3, -0.25) is 9.59 Å². The average molecular weight is 432 g/mol. The van der Waals surface area contributed by atoms with E-state index in [2.05, 4.69) is 31.4 Å². The quantitative estimate of drug-likeness (QED) is 0.747. The Labute approximate surface area is 185 Å². The van der Waals surface area contributed by atoms with Crippen LogP contribution in [0.2, 0.25) is 0 Å². The molecule has 1 fully saturated rings. The lowest BCUT2D eigenvalue weighted by molar-refractivity contribution is -0.131. The molecule has 3 amide bonds. The Morgan fingerprint density at radius 2 is 1.55 bits per heavy atom. The number of benzene rings is 1. The lowest BCUT2D eigenvalue weighted by Gasteiger charge is -2.32. The molecule has 1 saturated heterocycles. The summed E-state index contributed by atoms with van der Waals surface area (Å²) in [5, 5.41) is 5.53. The van der Waals surface area contributed by atoms with E-state index in [0.29, 0.717) is 31.1 Å². The van der Waals surface area contributed by atoms with Crippen LogP contribution in [0.4, 0.5) is 4.79 Å². The van der Waals surface area contributed by atoms with Crippen molar-refractivity contribution in [1.29, 1.82) is 0 Å². The SMILES string of the molecule is CC(C)(C)OC(=O)NCC(=O)N1CCC(CNC(=O)c2ccc(C(C)(C)C)cc2)CC1. The fourth-order valence-electron chi connectivity index (χ4n) is 3.42. The molecule has 0 unspecified atom stereocenters. The average Bonchev–Trinajstić information content (AvgIpc) is 2.69. The molecule has 0 aliphatic carbocycles. The molecule has 7 heteroatoms. The first-order valence-electron chi connectivity index (χ1n) is 11.0. The molecule has 0 aromatic heterocycles. The maximum Gasteiger partial charge on any atom is 0.408 e. The Morgan fingerprint density at radius 3 is 2.06 bits per heavy atom. The van der Waals surface area contributed by atoms with E-state index >= 15 is 0 Å². The van der Waals surface area contributed by atoms with E-state index in [-0.39, 0.29) is 23.8 Å². The molecule has 1 aliphatic rings. The summed E-state index contributed by atoms with van der Waals surface area (Å²) < 4.78 is 5.15. The third-order valence-electron chi connectivity index (χ3n) is 5.31. The summed E-state index contributed by atoms with van der Waals surface area (Å²) in [4.78, 5) is 38.2. The Balaban J connectivity index is 1.71. The second-order valence-corrected chi connectivity index (χ2v) is 10.2. The van der Waals surface area contributed by atoms with E-state index in [1.807, 2.05) is 24.3 Å². The van der Waals surface area contributed by atoms with Gasteiger partial charge >= 0.3 is 6.09 Å². The number of likely N-dealkylation sites (tertiary alicyclic amines) is 1. The van der Waals surface area contributed by atoms with E-state index in [1.54, 1.807) is 25.7 Å². The molecule has 7 nitrogen and oxygen atoms in total. The monoisotopic (exact) mass is 431 g/mol. The molecule has 0 bridgehead atoms. The van der Waals surface area contributed by atoms with Crippen molar-refractivity contribution >= 4 is 17.9 Å². The predicted octanol–water partition coefficient (Wildman–Crippen LogP) is 3.48. The number of alkyl carbamates (subject to hydrolysis) is 1. The van der Waals surface area contributed by atoms with Crippen LogP contribution in [0, 0.1) is 5.92 Å². The van der Waals surface area contributed by atoms with Gasteiger partial charge < -0.3 is 20.3 Å². The highest BCUT2D eigenvalue weighted by atomic mass is 16.6. The smallest absolute Gasteiger partial charge is 0.408 e. The van der Waals surface area contributed by atoms with Crippen LogP contribution in [0.3, 0.4) is 0 Å². The number of hydrogen-bond donors (Lipinski definition) is 2. The number of ether oxygens (including phenoxy) is 1. The number of rotatable bonds is 5. The minimum Gasteiger partial charge on any atom is -0.444 e. The maximum absolute atomic E-state index is 12.4. The Kier molecular flexibility index (Phi) is 8.09. The Morgan fingerprint density at radius 1 is 0.968 bits per heavy atom. The van der Waals surface area contributed by atoms with Crippen LogP contribution in [0.1, 0.15) is 70.3 Å². The molecule has 2 rings (SSSR count). The second kappa shape index (κ2) is 10.2. The van der Waals surface area contributed by atoms with Crippen LogP contribution in [0.15, 0.2) is 24.3 Å². The van der Waals surface area contributed by atoms with E-state index in [1.165, 1.54) is 5.56 Å². The largest absolute Gasteiger partial charge is 0.444 e. The van der Waals surface area contributed by atoms with Crippen LogP contribution < -0.4 is 10.6 Å². The van der Waals surface area contributed by atoms with Crippen LogP contribution in [-0.2, 0) is 14.9 Å². The predicted molar refractivity (Wildman–Crippen MR) is 121 cm³/mol. The van der Waals surface area contributed by atoms with Gasteiger partial charge in [-0.15, -0.1) is 0 Å². The lowest BCUT2D eigenvalue weighted by atomic mass is 9.86. The van der Waals surface area contributed by atoms with Gasteiger partial charge in [0.05, 0.1) is 0 Å². The van der Waals surface area contributed by atoms with Crippen LogP contribution in [-0.4, -0.2) is 54.6 Å². The van der Waals surface area contributed by atoms with E-state index in [4.69, 9.17) is 4.74 Å². The highest BCUT2D eigenvalue weighted by Crippen LogP contribution is 2.22. The Hall–Kier alpha value is -2.57. The van der Waals surface area contributed by atoms with Crippen LogP contribution in [0.5, 0.6) is 0 Å². The first-order chi connectivity index (χ1) is 14.3. The number of nitrogens with one attached hydrogen (secondary N) is 2. The minimum absolute atomic E-state index is 0.0584. The summed E-state index contributed by atoms with van der Waals surface area (Å²) in [6.45, 7) is 13.5. The highest BCUT2D eigenvalue weighted by Gasteiger charge is 2.24. The zero-order valence-electron chi connectivity index (χ0n) is 19.7. The van der Waals surface area contributed by atoms with E-state index < -0.39 is 11.7 Å². The number of carbonyl (C=O) groups excluding carboxylic acids is 3. The molecule has 172 valence electrons. The van der Waals surface area contributed by atoms with Gasteiger partial charge in [-0.25, -0.2) is 4.79 Å². The van der Waals surface area contributed by atoms with Crippen molar-refractivity contribution in [3.05, 3.63) is 35.4 Å². The second-order valence-electron chi connectivity index (χ2n) is 10.2. The standard InChI is InChI=1S/C24H37N3O4/c1-23(2,3)19-9-7-18(8-10-19)21(29)25-15-17-11-13-27(14-12-17)20(28)16-26-22(30)31-24(4,5)6/h7-10,17H,11-16H2,1-6H3,(H,25,29)(H,26,30). The molecule has 1 heterocycles. The molecule has 0 radical (unpaired) electrons. The Bertz CT molecular complexity index is 767. The molecule has 0 saturated carbocycles. The molecule has 31 heavy (non-hydrogen) atoms. The molecule has 1 aromatic rings. The molecular weight excluding hydrogens is 394 g/mol. The molecule has 1 aliphatic heterocycles. The molecule has 1 aromatic carbocycles. The van der Waals surface area contributed by atoms with Gasteiger partial charge in [-0.1, -0.05) is 32.9 Å². The fraction of sp³-hybridized carbons (Fsp3) is 0.625. The molecule has 2 N–H and O–H groups in total.